The number of amides is 4. The molecule has 7 atom stereocenters. The minimum Gasteiger partial charge on any atom is -0.390 e. The first-order valence-electron chi connectivity index (χ1n) is 23.9. The standard InChI is InChI=1S/C42H68N6O4.C5H11N.C2H4.CH2O/c1-10-29-24-42(29,27(3)43-9)46-35(50)31-25-41(39(7,8)40(41)21-17-22-40)26-48(31)37(52)33(38(4,5)6)45-36(51)32(28-18-13-12-14-19-28)44-34(49)30-20-15-16-23-47(30)11-2;1-6-4-2-3-5-6;2*1-2/h10,28-33,43H,1,3,11-26H2,2,4-9H3,(H,44,49)(H,45,51)(H,46,50);2-5H2,1H3;1-2H2;1H2/t29-,30-,31?,32?,33-,41-,42+;;;/m1.../s1. The molecule has 0 bridgehead atoms. The smallest absolute Gasteiger partial charge is 0.246 e. The topological polar surface area (TPSA) is 143 Å². The van der Waals surface area contributed by atoms with Crippen LogP contribution >= 0.6 is 0 Å². The SMILES string of the molecule is C=C.C=C[C@@H]1C[C@]1(NC(=O)C1C[C@@]2(CN1C(=O)[C@@H](NC(=O)C(NC(=O)[C@H]1CCCCN1CC)C1CCCCC1)C(C)(C)C)C(C)(C)C21CCC1)C(=C)NC.C=O.CN1CCCC1. The third-order valence-corrected chi connectivity index (χ3v) is 16.6. The molecular weight excluding hydrogens is 779 g/mol. The lowest BCUT2D eigenvalue weighted by Crippen LogP contribution is -2.63. The molecule has 3 heterocycles. The van der Waals surface area contributed by atoms with E-state index in [1.807, 2.05) is 45.6 Å². The first-order valence-corrected chi connectivity index (χ1v) is 23.9. The van der Waals surface area contributed by atoms with Crippen LogP contribution in [0.5, 0.6) is 0 Å². The number of carbonyl (C=O) groups is 5. The van der Waals surface area contributed by atoms with Crippen molar-refractivity contribution in [1.29, 1.82) is 0 Å². The van der Waals surface area contributed by atoms with Gasteiger partial charge in [-0.1, -0.05) is 86.3 Å². The fourth-order valence-electron chi connectivity index (χ4n) is 12.4. The molecule has 3 aliphatic heterocycles. The van der Waals surface area contributed by atoms with Crippen LogP contribution in [0.4, 0.5) is 0 Å². The van der Waals surface area contributed by atoms with Crippen molar-refractivity contribution in [2.75, 3.05) is 46.8 Å². The van der Waals surface area contributed by atoms with Gasteiger partial charge < -0.3 is 35.9 Å². The van der Waals surface area contributed by atoms with Gasteiger partial charge >= 0.3 is 0 Å². The largest absolute Gasteiger partial charge is 0.390 e. The molecule has 2 unspecified atom stereocenters. The van der Waals surface area contributed by atoms with Crippen LogP contribution < -0.4 is 21.3 Å². The van der Waals surface area contributed by atoms with Gasteiger partial charge in [-0.15, -0.1) is 19.7 Å². The zero-order valence-electron chi connectivity index (χ0n) is 40.1. The van der Waals surface area contributed by atoms with Crippen molar-refractivity contribution in [3.8, 4) is 0 Å². The number of likely N-dealkylation sites (N-methyl/N-ethyl adjacent to an activating group) is 2. The maximum Gasteiger partial charge on any atom is 0.246 e. The number of hydrogen-bond donors (Lipinski definition) is 4. The van der Waals surface area contributed by atoms with Crippen LogP contribution in [0.15, 0.2) is 38.1 Å². The number of nitrogens with one attached hydrogen (secondary N) is 4. The highest BCUT2D eigenvalue weighted by Crippen LogP contribution is 2.88. The third kappa shape index (κ3) is 9.76. The number of rotatable bonds is 12. The van der Waals surface area contributed by atoms with E-state index >= 15 is 4.79 Å². The van der Waals surface area contributed by atoms with E-state index in [-0.39, 0.29) is 57.8 Å². The van der Waals surface area contributed by atoms with E-state index < -0.39 is 29.1 Å². The second-order valence-electron chi connectivity index (χ2n) is 20.9. The summed E-state index contributed by atoms with van der Waals surface area (Å²) in [4.78, 5) is 72.5. The van der Waals surface area contributed by atoms with Crippen molar-refractivity contribution in [3.63, 3.8) is 0 Å². The van der Waals surface area contributed by atoms with Crippen molar-refractivity contribution in [3.05, 3.63) is 38.1 Å². The van der Waals surface area contributed by atoms with Crippen molar-refractivity contribution >= 4 is 30.4 Å². The monoisotopic (exact) mass is 864 g/mol. The average molecular weight is 864 g/mol. The Morgan fingerprint density at radius 3 is 1.87 bits per heavy atom. The van der Waals surface area contributed by atoms with Gasteiger partial charge in [-0.05, 0) is 120 Å². The number of hydrogen-bond acceptors (Lipinski definition) is 8. The molecule has 62 heavy (non-hydrogen) atoms. The second-order valence-corrected chi connectivity index (χ2v) is 20.9. The summed E-state index contributed by atoms with van der Waals surface area (Å²) in [5.41, 5.74) is -0.549. The maximum atomic E-state index is 15.1. The molecule has 0 radical (unpaired) electrons. The Balaban J connectivity index is 0.000000759. The normalized spacial score (nSPS) is 30.6. The van der Waals surface area contributed by atoms with Gasteiger partial charge in [0.1, 0.15) is 24.9 Å². The van der Waals surface area contributed by atoms with Crippen molar-refractivity contribution in [2.45, 2.75) is 168 Å². The Morgan fingerprint density at radius 2 is 1.40 bits per heavy atom. The number of piperidine rings is 1. The summed E-state index contributed by atoms with van der Waals surface area (Å²) in [7, 11) is 3.99. The number of fused-ring (bicyclic) bond motifs is 1. The molecule has 7 rings (SSSR count). The molecule has 0 aromatic heterocycles. The minimum atomic E-state index is -0.877. The summed E-state index contributed by atoms with van der Waals surface area (Å²) >= 11 is 0. The van der Waals surface area contributed by atoms with Crippen LogP contribution in [-0.4, -0.2) is 122 Å². The first kappa shape index (κ1) is 51.1. The quantitative estimate of drug-likeness (QED) is 0.166. The lowest BCUT2D eigenvalue weighted by molar-refractivity contribution is -0.145. The third-order valence-electron chi connectivity index (χ3n) is 16.6. The summed E-state index contributed by atoms with van der Waals surface area (Å²) in [6.45, 7) is 33.7. The molecule has 0 aromatic rings. The van der Waals surface area contributed by atoms with Crippen molar-refractivity contribution in [1.82, 2.24) is 36.0 Å². The predicted octanol–water partition coefficient (Wildman–Crippen LogP) is 6.38. The Morgan fingerprint density at radius 1 is 0.806 bits per heavy atom. The molecular formula is C50H85N7O5. The van der Waals surface area contributed by atoms with E-state index in [0.717, 1.165) is 89.4 Å². The van der Waals surface area contributed by atoms with Gasteiger partial charge in [0.05, 0.1) is 11.6 Å². The summed E-state index contributed by atoms with van der Waals surface area (Å²) < 4.78 is 0. The maximum absolute atomic E-state index is 15.1. The number of nitrogens with zero attached hydrogens (tertiary/aromatic N) is 3. The van der Waals surface area contributed by atoms with Crippen molar-refractivity contribution in [2.24, 2.45) is 33.5 Å². The molecule has 2 spiro atoms. The Kier molecular flexibility index (Phi) is 17.3. The zero-order chi connectivity index (χ0) is 46.3. The summed E-state index contributed by atoms with van der Waals surface area (Å²) in [6, 6.07) is -2.50. The van der Waals surface area contributed by atoms with Gasteiger partial charge in [-0.2, -0.15) is 0 Å². The Bertz CT molecular complexity index is 1590. The second kappa shape index (κ2) is 21.0. The highest BCUT2D eigenvalue weighted by molar-refractivity contribution is 5.96. The van der Waals surface area contributed by atoms with E-state index in [1.54, 1.807) is 0 Å². The molecule has 7 fully saturated rings. The molecule has 3 saturated heterocycles. The van der Waals surface area contributed by atoms with E-state index in [4.69, 9.17) is 4.79 Å². The molecule has 12 heteroatoms. The van der Waals surface area contributed by atoms with Crippen LogP contribution in [-0.2, 0) is 24.0 Å². The predicted molar refractivity (Wildman–Crippen MR) is 250 cm³/mol. The highest BCUT2D eigenvalue weighted by Gasteiger charge is 2.85. The zero-order valence-corrected chi connectivity index (χ0v) is 40.1. The highest BCUT2D eigenvalue weighted by atomic mass is 16.2. The summed E-state index contributed by atoms with van der Waals surface area (Å²) in [6.07, 6.45) is 17.2. The number of carbonyl (C=O) groups excluding carboxylic acids is 5. The molecule has 4 saturated carbocycles. The van der Waals surface area contributed by atoms with Crippen LogP contribution in [0.2, 0.25) is 0 Å². The van der Waals surface area contributed by atoms with Crippen LogP contribution in [0.3, 0.4) is 0 Å². The first-order chi connectivity index (χ1) is 29.4. The minimum absolute atomic E-state index is 0.00360. The van der Waals surface area contributed by atoms with E-state index in [1.165, 1.54) is 32.4 Å². The average Bonchev–Trinajstić information content (AvgIpc) is 3.77. The Hall–Kier alpha value is -3.51. The number of likely N-dealkylation sites (tertiary alicyclic amines) is 3. The Labute approximate surface area is 375 Å². The van der Waals surface area contributed by atoms with Crippen LogP contribution in [0, 0.1) is 33.5 Å². The molecule has 350 valence electrons. The molecule has 4 N–H and O–H groups in total. The lowest BCUT2D eigenvalue weighted by atomic mass is 9.73. The van der Waals surface area contributed by atoms with Crippen molar-refractivity contribution < 1.29 is 24.0 Å². The van der Waals surface area contributed by atoms with Gasteiger partial charge in [-0.25, -0.2) is 0 Å². The summed E-state index contributed by atoms with van der Waals surface area (Å²) in [5.74, 6) is -0.674. The molecule has 12 nitrogen and oxygen atoms in total. The van der Waals surface area contributed by atoms with Crippen LogP contribution in [0.25, 0.3) is 0 Å². The molecule has 7 aliphatic rings. The van der Waals surface area contributed by atoms with Gasteiger partial charge in [0.2, 0.25) is 23.6 Å². The van der Waals surface area contributed by atoms with Gasteiger partial charge in [-0.3, -0.25) is 24.1 Å². The van der Waals surface area contributed by atoms with Crippen LogP contribution in [0.1, 0.15) is 138 Å². The van der Waals surface area contributed by atoms with E-state index in [0.29, 0.717) is 13.0 Å². The van der Waals surface area contributed by atoms with Gasteiger partial charge in [0, 0.05) is 30.6 Å². The van der Waals surface area contributed by atoms with Gasteiger partial charge in [0.15, 0.2) is 0 Å². The van der Waals surface area contributed by atoms with Gasteiger partial charge in [0.25, 0.3) is 0 Å². The molecule has 0 aromatic carbocycles. The lowest BCUT2D eigenvalue weighted by Gasteiger charge is -2.39. The molecule has 4 aliphatic carbocycles. The fourth-order valence-corrected chi connectivity index (χ4v) is 12.4. The van der Waals surface area contributed by atoms with E-state index in [9.17, 15) is 14.4 Å². The van der Waals surface area contributed by atoms with E-state index in [2.05, 4.69) is 85.2 Å². The summed E-state index contributed by atoms with van der Waals surface area (Å²) in [5, 5.41) is 12.9. The fraction of sp³-hybridized carbons (Fsp3) is 0.780. The molecule has 4 amide bonds.